The minimum Gasteiger partial charge on any atom is -0.330 e. The van der Waals surface area contributed by atoms with Crippen molar-refractivity contribution in [3.8, 4) is 0 Å². The molecule has 0 unspecified atom stereocenters. The van der Waals surface area contributed by atoms with Crippen molar-refractivity contribution in [2.75, 3.05) is 6.54 Å². The first-order valence-corrected chi connectivity index (χ1v) is 6.11. The zero-order chi connectivity index (χ0) is 9.68. The Hall–Kier alpha value is 0.390. The lowest BCUT2D eigenvalue weighted by molar-refractivity contribution is 0.598. The highest BCUT2D eigenvalue weighted by Gasteiger charge is 2.07. The molecule has 1 atom stereocenters. The van der Waals surface area contributed by atoms with Crippen LogP contribution in [-0.4, -0.2) is 6.54 Å². The maximum atomic E-state index is 6.00. The predicted molar refractivity (Wildman–Crippen MR) is 69.1 cm³/mol. The van der Waals surface area contributed by atoms with Crippen LogP contribution in [0.15, 0.2) is 15.9 Å². The molecule has 82 valence electrons. The summed E-state index contributed by atoms with van der Waals surface area (Å²) in [5.41, 5.74) is 11.4. The van der Waals surface area contributed by atoms with Gasteiger partial charge in [0, 0.05) is 20.8 Å². The zero-order valence-corrected chi connectivity index (χ0v) is 11.1. The van der Waals surface area contributed by atoms with Crippen molar-refractivity contribution in [2.24, 2.45) is 11.5 Å². The van der Waals surface area contributed by atoms with Gasteiger partial charge in [-0.15, -0.1) is 23.7 Å². The first kappa shape index (κ1) is 14.4. The molecule has 0 fully saturated rings. The molecular formula is C9H16BrClN2S. The minimum absolute atomic E-state index is 0. The molecule has 1 heterocycles. The standard InChI is InChI=1S/C9H15BrN2S.ClH/c10-7-5-9(13-6-7)8(12)3-1-2-4-11;/h5-6,8H,1-4,11-12H2;1H/t8-;/m1./s1. The van der Waals surface area contributed by atoms with Crippen molar-refractivity contribution in [3.05, 3.63) is 20.8 Å². The van der Waals surface area contributed by atoms with Crippen LogP contribution in [0.3, 0.4) is 0 Å². The van der Waals surface area contributed by atoms with E-state index in [4.69, 9.17) is 11.5 Å². The maximum Gasteiger partial charge on any atom is 0.0390 e. The fourth-order valence-electron chi connectivity index (χ4n) is 1.17. The summed E-state index contributed by atoms with van der Waals surface area (Å²) in [6.45, 7) is 0.765. The molecule has 1 aromatic rings. The summed E-state index contributed by atoms with van der Waals surface area (Å²) in [6, 6.07) is 2.28. The van der Waals surface area contributed by atoms with Crippen LogP contribution in [0.4, 0.5) is 0 Å². The minimum atomic E-state index is 0. The molecule has 14 heavy (non-hydrogen) atoms. The monoisotopic (exact) mass is 298 g/mol. The van der Waals surface area contributed by atoms with E-state index < -0.39 is 0 Å². The Morgan fingerprint density at radius 3 is 2.64 bits per heavy atom. The van der Waals surface area contributed by atoms with Gasteiger partial charge < -0.3 is 11.5 Å². The van der Waals surface area contributed by atoms with E-state index in [-0.39, 0.29) is 18.4 Å². The van der Waals surface area contributed by atoms with Crippen molar-refractivity contribution in [3.63, 3.8) is 0 Å². The average Bonchev–Trinajstić information content (AvgIpc) is 2.52. The molecule has 2 nitrogen and oxygen atoms in total. The molecule has 0 saturated carbocycles. The third kappa shape index (κ3) is 4.75. The Morgan fingerprint density at radius 1 is 1.43 bits per heavy atom. The largest absolute Gasteiger partial charge is 0.330 e. The van der Waals surface area contributed by atoms with Gasteiger partial charge in [0.25, 0.3) is 0 Å². The lowest BCUT2D eigenvalue weighted by Gasteiger charge is -2.07. The van der Waals surface area contributed by atoms with Crippen molar-refractivity contribution in [1.29, 1.82) is 0 Å². The van der Waals surface area contributed by atoms with Gasteiger partial charge in [-0.25, -0.2) is 0 Å². The Balaban J connectivity index is 0.00000169. The van der Waals surface area contributed by atoms with Crippen molar-refractivity contribution in [1.82, 2.24) is 0 Å². The van der Waals surface area contributed by atoms with Crippen LogP contribution >= 0.6 is 39.7 Å². The van der Waals surface area contributed by atoms with Crippen LogP contribution in [0, 0.1) is 0 Å². The highest BCUT2D eigenvalue weighted by atomic mass is 79.9. The summed E-state index contributed by atoms with van der Waals surface area (Å²) < 4.78 is 1.13. The van der Waals surface area contributed by atoms with Crippen molar-refractivity contribution < 1.29 is 0 Å². The van der Waals surface area contributed by atoms with E-state index >= 15 is 0 Å². The van der Waals surface area contributed by atoms with Gasteiger partial charge in [0.1, 0.15) is 0 Å². The van der Waals surface area contributed by atoms with Gasteiger partial charge in [-0.1, -0.05) is 6.42 Å². The topological polar surface area (TPSA) is 52.0 Å². The molecule has 4 N–H and O–H groups in total. The van der Waals surface area contributed by atoms with Crippen LogP contribution in [0.2, 0.25) is 0 Å². The highest BCUT2D eigenvalue weighted by molar-refractivity contribution is 9.10. The summed E-state index contributed by atoms with van der Waals surface area (Å²) in [5.74, 6) is 0. The van der Waals surface area contributed by atoms with Gasteiger partial charge in [0.15, 0.2) is 0 Å². The van der Waals surface area contributed by atoms with Crippen LogP contribution in [-0.2, 0) is 0 Å². The third-order valence-electron chi connectivity index (χ3n) is 1.92. The molecule has 1 aromatic heterocycles. The normalized spacial score (nSPS) is 12.2. The summed E-state index contributed by atoms with van der Waals surface area (Å²) in [4.78, 5) is 1.25. The molecule has 5 heteroatoms. The predicted octanol–water partition coefficient (Wildman–Crippen LogP) is 3.06. The smallest absolute Gasteiger partial charge is 0.0390 e. The number of unbranched alkanes of at least 4 members (excludes halogenated alkanes) is 1. The fraction of sp³-hybridized carbons (Fsp3) is 0.556. The number of nitrogens with two attached hydrogens (primary N) is 2. The highest BCUT2D eigenvalue weighted by Crippen LogP contribution is 2.26. The number of thiophene rings is 1. The van der Waals surface area contributed by atoms with Crippen LogP contribution in [0.1, 0.15) is 30.2 Å². The molecule has 0 amide bonds. The Kier molecular flexibility index (Phi) is 7.86. The molecule has 0 aliphatic heterocycles. The molecule has 0 spiro atoms. The number of hydrogen-bond donors (Lipinski definition) is 2. The molecule has 0 saturated heterocycles. The lowest BCUT2D eigenvalue weighted by atomic mass is 10.1. The summed E-state index contributed by atoms with van der Waals surface area (Å²) >= 11 is 5.13. The molecular weight excluding hydrogens is 284 g/mol. The van der Waals surface area contributed by atoms with Crippen LogP contribution < -0.4 is 11.5 Å². The van der Waals surface area contributed by atoms with Gasteiger partial charge in [0.2, 0.25) is 0 Å². The zero-order valence-electron chi connectivity index (χ0n) is 7.91. The molecule has 0 aliphatic rings. The number of rotatable bonds is 5. The van der Waals surface area contributed by atoms with E-state index in [0.717, 1.165) is 30.3 Å². The van der Waals surface area contributed by atoms with E-state index in [2.05, 4.69) is 27.4 Å². The van der Waals surface area contributed by atoms with Crippen LogP contribution in [0.5, 0.6) is 0 Å². The van der Waals surface area contributed by atoms with Gasteiger partial charge in [-0.05, 0) is 41.4 Å². The lowest BCUT2D eigenvalue weighted by Crippen LogP contribution is -2.09. The Morgan fingerprint density at radius 2 is 2.14 bits per heavy atom. The quantitative estimate of drug-likeness (QED) is 0.821. The SMILES string of the molecule is Cl.NCCCC[C@@H](N)c1cc(Br)cs1. The van der Waals surface area contributed by atoms with E-state index in [0.29, 0.717) is 0 Å². The van der Waals surface area contributed by atoms with Crippen LogP contribution in [0.25, 0.3) is 0 Å². The Bertz CT molecular complexity index is 255. The molecule has 0 aromatic carbocycles. The van der Waals surface area contributed by atoms with Gasteiger partial charge in [0.05, 0.1) is 0 Å². The molecule has 0 aliphatic carbocycles. The first-order chi connectivity index (χ1) is 6.24. The summed E-state index contributed by atoms with van der Waals surface area (Å²) in [6.07, 6.45) is 3.22. The summed E-state index contributed by atoms with van der Waals surface area (Å²) in [7, 11) is 0. The second kappa shape index (κ2) is 7.65. The van der Waals surface area contributed by atoms with Gasteiger partial charge >= 0.3 is 0 Å². The third-order valence-corrected chi connectivity index (χ3v) is 3.75. The maximum absolute atomic E-state index is 6.00. The van der Waals surface area contributed by atoms with E-state index in [1.54, 1.807) is 11.3 Å². The molecule has 0 bridgehead atoms. The molecule has 1 rings (SSSR count). The van der Waals surface area contributed by atoms with Crippen molar-refractivity contribution >= 4 is 39.7 Å². The summed E-state index contributed by atoms with van der Waals surface area (Å²) in [5, 5.41) is 2.07. The van der Waals surface area contributed by atoms with E-state index in [1.165, 1.54) is 4.88 Å². The second-order valence-corrected chi connectivity index (χ2v) is 4.92. The second-order valence-electron chi connectivity index (χ2n) is 3.06. The van der Waals surface area contributed by atoms with E-state index in [1.807, 2.05) is 0 Å². The number of halogens is 2. The fourth-order valence-corrected chi connectivity index (χ4v) is 2.66. The number of hydrogen-bond acceptors (Lipinski definition) is 3. The van der Waals surface area contributed by atoms with Gasteiger partial charge in [-0.3, -0.25) is 0 Å². The first-order valence-electron chi connectivity index (χ1n) is 4.43. The Labute approximate surface area is 104 Å². The van der Waals surface area contributed by atoms with E-state index in [9.17, 15) is 0 Å². The van der Waals surface area contributed by atoms with Gasteiger partial charge in [-0.2, -0.15) is 0 Å². The molecule has 0 radical (unpaired) electrons. The average molecular weight is 300 g/mol. The van der Waals surface area contributed by atoms with Crippen molar-refractivity contribution in [2.45, 2.75) is 25.3 Å².